The summed E-state index contributed by atoms with van der Waals surface area (Å²) in [6.07, 6.45) is 1.82. The minimum Gasteiger partial charge on any atom is -0.480 e. The van der Waals surface area contributed by atoms with Gasteiger partial charge >= 0.3 is 11.9 Å². The normalized spacial score (nSPS) is 32.8. The van der Waals surface area contributed by atoms with E-state index in [1.54, 1.807) is 6.92 Å². The molecule has 3 atom stereocenters. The average molecular weight is 286 g/mol. The molecule has 6 heteroatoms. The lowest BCUT2D eigenvalue weighted by Crippen LogP contribution is -2.51. The first-order valence-corrected chi connectivity index (χ1v) is 7.07. The Morgan fingerprint density at radius 3 is 2.75 bits per heavy atom. The van der Waals surface area contributed by atoms with Crippen molar-refractivity contribution in [2.75, 3.05) is 26.4 Å². The predicted molar refractivity (Wildman–Crippen MR) is 69.2 cm³/mol. The monoisotopic (exact) mass is 286 g/mol. The summed E-state index contributed by atoms with van der Waals surface area (Å²) in [4.78, 5) is 23.8. The van der Waals surface area contributed by atoms with E-state index in [1.807, 2.05) is 0 Å². The Bertz CT molecular complexity index is 387. The number of carboxylic acid groups (broad SMARTS) is 1. The van der Waals surface area contributed by atoms with Crippen LogP contribution >= 0.6 is 0 Å². The van der Waals surface area contributed by atoms with E-state index in [0.29, 0.717) is 32.7 Å². The number of rotatable bonds is 4. The van der Waals surface area contributed by atoms with Crippen LogP contribution in [0.1, 0.15) is 33.1 Å². The number of esters is 1. The average Bonchev–Trinajstić information content (AvgIpc) is 2.85. The number of hydrogen-bond acceptors (Lipinski definition) is 5. The van der Waals surface area contributed by atoms with Crippen molar-refractivity contribution in [3.63, 3.8) is 0 Å². The number of aliphatic carboxylic acids is 1. The highest BCUT2D eigenvalue weighted by Crippen LogP contribution is 2.44. The van der Waals surface area contributed by atoms with Crippen molar-refractivity contribution in [3.05, 3.63) is 0 Å². The molecule has 0 radical (unpaired) electrons. The minimum absolute atomic E-state index is 0.180. The smallest absolute Gasteiger partial charge is 0.323 e. The van der Waals surface area contributed by atoms with Gasteiger partial charge < -0.3 is 19.3 Å². The summed E-state index contributed by atoms with van der Waals surface area (Å²) in [5.74, 6) is -2.08. The molecule has 1 N–H and O–H groups in total. The number of ether oxygens (including phenoxy) is 3. The quantitative estimate of drug-likeness (QED) is 0.618. The van der Waals surface area contributed by atoms with Crippen molar-refractivity contribution in [3.8, 4) is 0 Å². The Hall–Kier alpha value is -1.14. The second-order valence-electron chi connectivity index (χ2n) is 5.75. The fourth-order valence-electron chi connectivity index (χ4n) is 3.09. The van der Waals surface area contributed by atoms with E-state index >= 15 is 0 Å². The molecule has 0 aromatic rings. The Morgan fingerprint density at radius 2 is 2.20 bits per heavy atom. The number of hydrogen-bond donors (Lipinski definition) is 1. The third-order valence-electron chi connectivity index (χ3n) is 4.52. The molecular weight excluding hydrogens is 264 g/mol. The molecule has 0 amide bonds. The van der Waals surface area contributed by atoms with Gasteiger partial charge in [-0.3, -0.25) is 9.59 Å². The molecule has 2 aliphatic heterocycles. The van der Waals surface area contributed by atoms with E-state index < -0.39 is 23.0 Å². The lowest BCUT2D eigenvalue weighted by Gasteiger charge is -2.42. The fourth-order valence-corrected chi connectivity index (χ4v) is 3.09. The molecule has 3 unspecified atom stereocenters. The van der Waals surface area contributed by atoms with Crippen LogP contribution in [0.4, 0.5) is 0 Å². The summed E-state index contributed by atoms with van der Waals surface area (Å²) >= 11 is 0. The standard InChI is InChI=1S/C14H22O6/c1-3-19-12(17)13(2,11(15)16)10-4-6-20-14(8-10)5-7-18-9-14/h10H,3-9H2,1-2H3,(H,15,16). The van der Waals surface area contributed by atoms with Crippen LogP contribution in [0.5, 0.6) is 0 Å². The first-order chi connectivity index (χ1) is 9.44. The first-order valence-electron chi connectivity index (χ1n) is 7.07. The number of carbonyl (C=O) groups excluding carboxylic acids is 1. The highest BCUT2D eigenvalue weighted by molar-refractivity contribution is 5.99. The van der Waals surface area contributed by atoms with Gasteiger partial charge in [0.1, 0.15) is 0 Å². The van der Waals surface area contributed by atoms with Crippen LogP contribution in [0.2, 0.25) is 0 Å². The van der Waals surface area contributed by atoms with Crippen LogP contribution < -0.4 is 0 Å². The molecule has 2 rings (SSSR count). The molecule has 2 fully saturated rings. The molecule has 20 heavy (non-hydrogen) atoms. The van der Waals surface area contributed by atoms with Gasteiger partial charge in [-0.25, -0.2) is 0 Å². The molecule has 0 aromatic heterocycles. The Balaban J connectivity index is 2.20. The number of carboxylic acids is 1. The van der Waals surface area contributed by atoms with Gasteiger partial charge in [0.25, 0.3) is 0 Å². The van der Waals surface area contributed by atoms with Crippen molar-refractivity contribution in [1.82, 2.24) is 0 Å². The van der Waals surface area contributed by atoms with Crippen LogP contribution in [0.25, 0.3) is 0 Å². The van der Waals surface area contributed by atoms with Crippen molar-refractivity contribution in [1.29, 1.82) is 0 Å². The molecule has 0 aromatic carbocycles. The third kappa shape index (κ3) is 2.54. The Labute approximate surface area is 118 Å². The van der Waals surface area contributed by atoms with E-state index in [9.17, 15) is 14.7 Å². The predicted octanol–water partition coefficient (Wildman–Crippen LogP) is 1.23. The van der Waals surface area contributed by atoms with Gasteiger partial charge in [-0.15, -0.1) is 0 Å². The van der Waals surface area contributed by atoms with Crippen LogP contribution in [0.15, 0.2) is 0 Å². The van der Waals surface area contributed by atoms with Gasteiger partial charge in [0.2, 0.25) is 0 Å². The van der Waals surface area contributed by atoms with E-state index in [0.717, 1.165) is 6.42 Å². The molecule has 1 spiro atoms. The molecule has 0 aliphatic carbocycles. The van der Waals surface area contributed by atoms with E-state index in [2.05, 4.69) is 0 Å². The summed E-state index contributed by atoms with van der Waals surface area (Å²) in [7, 11) is 0. The molecule has 6 nitrogen and oxygen atoms in total. The zero-order chi connectivity index (χ0) is 14.8. The highest BCUT2D eigenvalue weighted by atomic mass is 16.6. The maximum Gasteiger partial charge on any atom is 0.323 e. The van der Waals surface area contributed by atoms with Gasteiger partial charge in [0.05, 0.1) is 18.8 Å². The summed E-state index contributed by atoms with van der Waals surface area (Å²) in [5.41, 5.74) is -1.94. The van der Waals surface area contributed by atoms with Crippen molar-refractivity contribution in [2.45, 2.75) is 38.7 Å². The van der Waals surface area contributed by atoms with E-state index in [-0.39, 0.29) is 12.5 Å². The molecule has 2 heterocycles. The summed E-state index contributed by atoms with van der Waals surface area (Å²) in [6, 6.07) is 0. The number of carbonyl (C=O) groups is 2. The zero-order valence-electron chi connectivity index (χ0n) is 12.0. The lowest BCUT2D eigenvalue weighted by atomic mass is 9.69. The molecule has 0 saturated carbocycles. The van der Waals surface area contributed by atoms with Crippen molar-refractivity contribution in [2.24, 2.45) is 11.3 Å². The Kier molecular flexibility index (Phi) is 4.34. The molecular formula is C14H22O6. The third-order valence-corrected chi connectivity index (χ3v) is 4.52. The molecule has 0 bridgehead atoms. The summed E-state index contributed by atoms with van der Waals surface area (Å²) in [6.45, 7) is 4.87. The molecule has 2 saturated heterocycles. The van der Waals surface area contributed by atoms with E-state index in [1.165, 1.54) is 6.92 Å². The Morgan fingerprint density at radius 1 is 1.45 bits per heavy atom. The summed E-state index contributed by atoms with van der Waals surface area (Å²) in [5, 5.41) is 9.54. The topological polar surface area (TPSA) is 82.1 Å². The van der Waals surface area contributed by atoms with Crippen LogP contribution in [-0.2, 0) is 23.8 Å². The second kappa shape index (κ2) is 5.69. The largest absolute Gasteiger partial charge is 0.480 e. The van der Waals surface area contributed by atoms with Gasteiger partial charge in [0, 0.05) is 19.6 Å². The maximum atomic E-state index is 12.1. The van der Waals surface area contributed by atoms with Gasteiger partial charge in [-0.1, -0.05) is 0 Å². The van der Waals surface area contributed by atoms with Gasteiger partial charge in [-0.2, -0.15) is 0 Å². The van der Waals surface area contributed by atoms with Gasteiger partial charge in [-0.05, 0) is 32.6 Å². The van der Waals surface area contributed by atoms with Crippen molar-refractivity contribution < 1.29 is 28.9 Å². The fraction of sp³-hybridized carbons (Fsp3) is 0.857. The maximum absolute atomic E-state index is 12.1. The van der Waals surface area contributed by atoms with Crippen LogP contribution in [0.3, 0.4) is 0 Å². The first kappa shape index (κ1) is 15.3. The zero-order valence-corrected chi connectivity index (χ0v) is 12.0. The minimum atomic E-state index is -1.52. The highest BCUT2D eigenvalue weighted by Gasteiger charge is 2.54. The summed E-state index contributed by atoms with van der Waals surface area (Å²) < 4.78 is 16.2. The van der Waals surface area contributed by atoms with Crippen molar-refractivity contribution >= 4 is 11.9 Å². The van der Waals surface area contributed by atoms with E-state index in [4.69, 9.17) is 14.2 Å². The van der Waals surface area contributed by atoms with Gasteiger partial charge in [0.15, 0.2) is 5.41 Å². The lowest BCUT2D eigenvalue weighted by molar-refractivity contribution is -0.180. The van der Waals surface area contributed by atoms with Crippen LogP contribution in [0, 0.1) is 11.3 Å². The van der Waals surface area contributed by atoms with Crippen LogP contribution in [-0.4, -0.2) is 49.1 Å². The second-order valence-corrected chi connectivity index (χ2v) is 5.75. The SMILES string of the molecule is CCOC(=O)C(C)(C(=O)O)C1CCOC2(CCOC2)C1. The molecule has 114 valence electrons. The molecule has 2 aliphatic rings.